The molecule has 1 aliphatic rings. The number of hydrogen-bond donors (Lipinski definition) is 1. The van der Waals surface area contributed by atoms with Gasteiger partial charge < -0.3 is 10.5 Å². The molecule has 2 rings (SSSR count). The second-order valence-electron chi connectivity index (χ2n) is 4.13. The molecule has 0 bridgehead atoms. The van der Waals surface area contributed by atoms with Gasteiger partial charge in [0.15, 0.2) is 0 Å². The van der Waals surface area contributed by atoms with E-state index < -0.39 is 0 Å². The average molecular weight is 217 g/mol. The molecule has 0 fully saturated rings. The van der Waals surface area contributed by atoms with Gasteiger partial charge in [0.2, 0.25) is 0 Å². The molecule has 16 heavy (non-hydrogen) atoms. The highest BCUT2D eigenvalue weighted by Gasteiger charge is 2.17. The molecule has 0 aliphatic carbocycles. The molecule has 0 aromatic heterocycles. The lowest BCUT2D eigenvalue weighted by molar-refractivity contribution is 0.175. The zero-order valence-corrected chi connectivity index (χ0v) is 9.78. The van der Waals surface area contributed by atoms with Gasteiger partial charge in [-0.15, -0.1) is 0 Å². The number of ether oxygens (including phenoxy) is 1. The molecule has 2 nitrogen and oxygen atoms in total. The van der Waals surface area contributed by atoms with Crippen LogP contribution in [0, 0.1) is 0 Å². The molecule has 1 aromatic carbocycles. The highest BCUT2D eigenvalue weighted by atomic mass is 16.5. The SMILES string of the molecule is CCc1ccccc1C(N)C1=CCCCO1. The Morgan fingerprint density at radius 1 is 1.38 bits per heavy atom. The van der Waals surface area contributed by atoms with Gasteiger partial charge in [-0.2, -0.15) is 0 Å². The van der Waals surface area contributed by atoms with Crippen LogP contribution in [0.2, 0.25) is 0 Å². The predicted molar refractivity (Wildman–Crippen MR) is 66.0 cm³/mol. The van der Waals surface area contributed by atoms with Crippen LogP contribution in [-0.4, -0.2) is 6.61 Å². The lowest BCUT2D eigenvalue weighted by Gasteiger charge is -2.22. The van der Waals surface area contributed by atoms with E-state index >= 15 is 0 Å². The van der Waals surface area contributed by atoms with Crippen molar-refractivity contribution in [1.82, 2.24) is 0 Å². The van der Waals surface area contributed by atoms with Crippen molar-refractivity contribution in [3.05, 3.63) is 47.2 Å². The van der Waals surface area contributed by atoms with Gasteiger partial charge in [-0.25, -0.2) is 0 Å². The summed E-state index contributed by atoms with van der Waals surface area (Å²) in [4.78, 5) is 0. The fourth-order valence-corrected chi connectivity index (χ4v) is 2.11. The lowest BCUT2D eigenvalue weighted by atomic mass is 9.97. The highest BCUT2D eigenvalue weighted by molar-refractivity contribution is 5.34. The third kappa shape index (κ3) is 2.27. The predicted octanol–water partition coefficient (Wildman–Crippen LogP) is 2.94. The minimum absolute atomic E-state index is 0.101. The van der Waals surface area contributed by atoms with Crippen molar-refractivity contribution >= 4 is 0 Å². The van der Waals surface area contributed by atoms with Crippen LogP contribution in [0.15, 0.2) is 36.1 Å². The Labute approximate surface area is 97.1 Å². The Bertz CT molecular complexity index is 384. The van der Waals surface area contributed by atoms with Crippen LogP contribution in [-0.2, 0) is 11.2 Å². The number of nitrogens with two attached hydrogens (primary N) is 1. The van der Waals surface area contributed by atoms with Gasteiger partial charge in [-0.05, 0) is 36.5 Å². The molecule has 2 N–H and O–H groups in total. The molecule has 0 saturated heterocycles. The van der Waals surface area contributed by atoms with E-state index in [-0.39, 0.29) is 6.04 Å². The van der Waals surface area contributed by atoms with Crippen LogP contribution in [0.25, 0.3) is 0 Å². The smallest absolute Gasteiger partial charge is 0.113 e. The Morgan fingerprint density at radius 2 is 2.19 bits per heavy atom. The largest absolute Gasteiger partial charge is 0.496 e. The Morgan fingerprint density at radius 3 is 2.88 bits per heavy atom. The fraction of sp³-hybridized carbons (Fsp3) is 0.429. The highest BCUT2D eigenvalue weighted by Crippen LogP contribution is 2.26. The van der Waals surface area contributed by atoms with Crippen molar-refractivity contribution in [2.75, 3.05) is 6.61 Å². The van der Waals surface area contributed by atoms with Gasteiger partial charge >= 0.3 is 0 Å². The van der Waals surface area contributed by atoms with E-state index in [2.05, 4.69) is 31.2 Å². The summed E-state index contributed by atoms with van der Waals surface area (Å²) in [6.07, 6.45) is 5.32. The van der Waals surface area contributed by atoms with Crippen molar-refractivity contribution < 1.29 is 4.74 Å². The molecule has 1 aliphatic heterocycles. The third-order valence-electron chi connectivity index (χ3n) is 3.04. The van der Waals surface area contributed by atoms with Crippen molar-refractivity contribution in [2.45, 2.75) is 32.2 Å². The van der Waals surface area contributed by atoms with Crippen LogP contribution < -0.4 is 5.73 Å². The summed E-state index contributed by atoms with van der Waals surface area (Å²) in [5.74, 6) is 0.937. The lowest BCUT2D eigenvalue weighted by Crippen LogP contribution is -2.19. The van der Waals surface area contributed by atoms with E-state index in [0.717, 1.165) is 31.6 Å². The standard InChI is InChI=1S/C14H19NO/c1-2-11-7-3-4-8-12(11)14(15)13-9-5-6-10-16-13/h3-4,7-9,14H,2,5-6,10,15H2,1H3. The maximum absolute atomic E-state index is 6.25. The zero-order chi connectivity index (χ0) is 11.4. The van der Waals surface area contributed by atoms with Gasteiger partial charge in [0, 0.05) is 0 Å². The second-order valence-corrected chi connectivity index (χ2v) is 4.13. The Kier molecular flexibility index (Phi) is 3.62. The summed E-state index contributed by atoms with van der Waals surface area (Å²) in [5, 5.41) is 0. The van der Waals surface area contributed by atoms with E-state index in [1.165, 1.54) is 11.1 Å². The minimum Gasteiger partial charge on any atom is -0.496 e. The first-order valence-corrected chi connectivity index (χ1v) is 5.99. The number of rotatable bonds is 3. The maximum atomic E-state index is 6.25. The zero-order valence-electron chi connectivity index (χ0n) is 9.78. The van der Waals surface area contributed by atoms with E-state index in [9.17, 15) is 0 Å². The van der Waals surface area contributed by atoms with Crippen LogP contribution >= 0.6 is 0 Å². The first-order chi connectivity index (χ1) is 7.83. The molecule has 0 saturated carbocycles. The molecule has 0 radical (unpaired) electrons. The molecule has 1 atom stereocenters. The molecule has 0 spiro atoms. The summed E-state index contributed by atoms with van der Waals surface area (Å²) in [6, 6.07) is 8.24. The normalized spacial score (nSPS) is 17.5. The summed E-state index contributed by atoms with van der Waals surface area (Å²) >= 11 is 0. The van der Waals surface area contributed by atoms with Crippen LogP contribution in [0.1, 0.15) is 36.9 Å². The van der Waals surface area contributed by atoms with Gasteiger partial charge in [-0.3, -0.25) is 0 Å². The summed E-state index contributed by atoms with van der Waals surface area (Å²) in [6.45, 7) is 2.95. The molecule has 86 valence electrons. The summed E-state index contributed by atoms with van der Waals surface area (Å²) < 4.78 is 5.63. The van der Waals surface area contributed by atoms with E-state index in [0.29, 0.717) is 0 Å². The quantitative estimate of drug-likeness (QED) is 0.844. The number of hydrogen-bond acceptors (Lipinski definition) is 2. The summed E-state index contributed by atoms with van der Waals surface area (Å²) in [7, 11) is 0. The first kappa shape index (κ1) is 11.2. The number of allylic oxidation sites excluding steroid dienone is 1. The third-order valence-corrected chi connectivity index (χ3v) is 3.04. The van der Waals surface area contributed by atoms with Gasteiger partial charge in [0.1, 0.15) is 5.76 Å². The van der Waals surface area contributed by atoms with Crippen molar-refractivity contribution in [1.29, 1.82) is 0 Å². The number of aryl methyl sites for hydroxylation is 1. The second kappa shape index (κ2) is 5.17. The van der Waals surface area contributed by atoms with E-state index in [1.807, 2.05) is 6.07 Å². The van der Waals surface area contributed by atoms with Gasteiger partial charge in [-0.1, -0.05) is 31.2 Å². The molecule has 1 heterocycles. The van der Waals surface area contributed by atoms with Crippen molar-refractivity contribution in [2.24, 2.45) is 5.73 Å². The molecule has 1 aromatic rings. The Hall–Kier alpha value is -1.28. The van der Waals surface area contributed by atoms with Gasteiger partial charge in [0.05, 0.1) is 12.6 Å². The average Bonchev–Trinajstić information content (AvgIpc) is 2.39. The Balaban J connectivity index is 2.25. The molecule has 1 unspecified atom stereocenters. The van der Waals surface area contributed by atoms with E-state index in [4.69, 9.17) is 10.5 Å². The molecule has 2 heteroatoms. The van der Waals surface area contributed by atoms with Crippen molar-refractivity contribution in [3.63, 3.8) is 0 Å². The van der Waals surface area contributed by atoms with Gasteiger partial charge in [0.25, 0.3) is 0 Å². The fourth-order valence-electron chi connectivity index (χ4n) is 2.11. The maximum Gasteiger partial charge on any atom is 0.113 e. The van der Waals surface area contributed by atoms with Crippen LogP contribution in [0.5, 0.6) is 0 Å². The minimum atomic E-state index is -0.101. The summed E-state index contributed by atoms with van der Waals surface area (Å²) in [5.41, 5.74) is 8.76. The van der Waals surface area contributed by atoms with Crippen LogP contribution in [0.4, 0.5) is 0 Å². The molecular formula is C14H19NO. The van der Waals surface area contributed by atoms with Crippen LogP contribution in [0.3, 0.4) is 0 Å². The number of benzene rings is 1. The van der Waals surface area contributed by atoms with Crippen molar-refractivity contribution in [3.8, 4) is 0 Å². The first-order valence-electron chi connectivity index (χ1n) is 5.99. The topological polar surface area (TPSA) is 35.2 Å². The molecule has 0 amide bonds. The monoisotopic (exact) mass is 217 g/mol. The molecular weight excluding hydrogens is 198 g/mol. The van der Waals surface area contributed by atoms with E-state index in [1.54, 1.807) is 0 Å².